The van der Waals surface area contributed by atoms with Crippen LogP contribution in [-0.4, -0.2) is 35.1 Å². The number of rotatable bonds is 8. The number of carbonyl (C=O) groups is 4. The number of likely N-dealkylation sites (tertiary alicyclic amines) is 1. The molecular formula is C28H27N3O5. The Kier molecular flexibility index (Phi) is 7.75. The summed E-state index contributed by atoms with van der Waals surface area (Å²) in [5.41, 5.74) is 2.75. The predicted octanol–water partition coefficient (Wildman–Crippen LogP) is 3.53. The molecule has 0 spiro atoms. The molecule has 1 heterocycles. The van der Waals surface area contributed by atoms with Crippen LogP contribution in [-0.2, 0) is 27.5 Å². The highest BCUT2D eigenvalue weighted by Gasteiger charge is 2.34. The largest absolute Gasteiger partial charge is 0.427 e. The zero-order valence-electron chi connectivity index (χ0n) is 19.9. The fourth-order valence-corrected chi connectivity index (χ4v) is 4.07. The monoisotopic (exact) mass is 485 g/mol. The van der Waals surface area contributed by atoms with Crippen LogP contribution < -0.4 is 15.4 Å². The van der Waals surface area contributed by atoms with E-state index < -0.39 is 11.9 Å². The van der Waals surface area contributed by atoms with Crippen molar-refractivity contribution in [1.29, 1.82) is 0 Å². The molecular weight excluding hydrogens is 458 g/mol. The second-order valence-corrected chi connectivity index (χ2v) is 8.65. The summed E-state index contributed by atoms with van der Waals surface area (Å²) in [4.78, 5) is 50.6. The third kappa shape index (κ3) is 6.56. The minimum atomic E-state index is -0.465. The van der Waals surface area contributed by atoms with Crippen molar-refractivity contribution in [2.75, 3.05) is 11.9 Å². The molecule has 0 aromatic heterocycles. The molecule has 8 heteroatoms. The molecule has 2 N–H and O–H groups in total. The average molecular weight is 486 g/mol. The van der Waals surface area contributed by atoms with Crippen molar-refractivity contribution in [3.8, 4) is 5.75 Å². The summed E-state index contributed by atoms with van der Waals surface area (Å²) in [5, 5.41) is 5.72. The Balaban J connectivity index is 1.30. The van der Waals surface area contributed by atoms with E-state index in [1.165, 1.54) is 13.0 Å². The third-order valence-corrected chi connectivity index (χ3v) is 5.81. The van der Waals surface area contributed by atoms with Gasteiger partial charge in [-0.3, -0.25) is 19.2 Å². The maximum atomic E-state index is 12.7. The maximum absolute atomic E-state index is 12.7. The smallest absolute Gasteiger partial charge is 0.308 e. The number of nitrogens with one attached hydrogen (secondary N) is 2. The average Bonchev–Trinajstić information content (AvgIpc) is 3.23. The molecule has 3 amide bonds. The van der Waals surface area contributed by atoms with E-state index in [1.807, 2.05) is 36.4 Å². The maximum Gasteiger partial charge on any atom is 0.308 e. The molecule has 36 heavy (non-hydrogen) atoms. The zero-order chi connectivity index (χ0) is 25.5. The first-order valence-electron chi connectivity index (χ1n) is 11.7. The van der Waals surface area contributed by atoms with E-state index in [-0.39, 0.29) is 30.7 Å². The van der Waals surface area contributed by atoms with Crippen LogP contribution in [0.4, 0.5) is 5.69 Å². The quantitative estimate of drug-likeness (QED) is 0.375. The van der Waals surface area contributed by atoms with Crippen molar-refractivity contribution >= 4 is 29.4 Å². The van der Waals surface area contributed by atoms with Gasteiger partial charge in [0.2, 0.25) is 11.8 Å². The van der Waals surface area contributed by atoms with E-state index in [4.69, 9.17) is 4.74 Å². The minimum absolute atomic E-state index is 0.0264. The van der Waals surface area contributed by atoms with Crippen LogP contribution in [0.5, 0.6) is 5.75 Å². The molecule has 184 valence electrons. The Morgan fingerprint density at radius 2 is 1.69 bits per heavy atom. The lowest BCUT2D eigenvalue weighted by Crippen LogP contribution is -2.32. The van der Waals surface area contributed by atoms with Gasteiger partial charge in [-0.15, -0.1) is 0 Å². The van der Waals surface area contributed by atoms with E-state index in [0.717, 1.165) is 11.1 Å². The normalized spacial score (nSPS) is 14.9. The molecule has 0 radical (unpaired) electrons. The molecule has 0 aliphatic carbocycles. The van der Waals surface area contributed by atoms with Gasteiger partial charge in [-0.1, -0.05) is 48.5 Å². The lowest BCUT2D eigenvalue weighted by Gasteiger charge is -2.16. The summed E-state index contributed by atoms with van der Waals surface area (Å²) in [6, 6.07) is 23.2. The molecule has 1 aliphatic rings. The van der Waals surface area contributed by atoms with Gasteiger partial charge < -0.3 is 20.3 Å². The molecule has 1 fully saturated rings. The van der Waals surface area contributed by atoms with Crippen molar-refractivity contribution in [3.63, 3.8) is 0 Å². The molecule has 3 aromatic rings. The van der Waals surface area contributed by atoms with Gasteiger partial charge in [-0.05, 0) is 41.5 Å². The number of anilines is 1. The van der Waals surface area contributed by atoms with Crippen molar-refractivity contribution in [2.24, 2.45) is 5.92 Å². The number of ether oxygens (including phenoxy) is 1. The Morgan fingerprint density at radius 3 is 2.47 bits per heavy atom. The molecule has 0 bridgehead atoms. The summed E-state index contributed by atoms with van der Waals surface area (Å²) < 4.78 is 5.03. The molecule has 1 unspecified atom stereocenters. The summed E-state index contributed by atoms with van der Waals surface area (Å²) in [5.74, 6) is -1.12. The van der Waals surface area contributed by atoms with Gasteiger partial charge >= 0.3 is 5.97 Å². The van der Waals surface area contributed by atoms with E-state index >= 15 is 0 Å². The number of hydrogen-bond donors (Lipinski definition) is 2. The molecule has 1 saturated heterocycles. The van der Waals surface area contributed by atoms with Gasteiger partial charge in [0, 0.05) is 44.2 Å². The van der Waals surface area contributed by atoms with Gasteiger partial charge in [0.05, 0.1) is 5.92 Å². The SMILES string of the molecule is CC(=O)Oc1cccc(C(=O)Nc2cccc(CNC(=O)C3CC(=O)N(Cc4ccccc4)C3)c2)c1. The van der Waals surface area contributed by atoms with Crippen molar-refractivity contribution < 1.29 is 23.9 Å². The first kappa shape index (κ1) is 24.7. The highest BCUT2D eigenvalue weighted by molar-refractivity contribution is 6.04. The van der Waals surface area contributed by atoms with Gasteiger partial charge in [-0.2, -0.15) is 0 Å². The van der Waals surface area contributed by atoms with Crippen molar-refractivity contribution in [2.45, 2.75) is 26.4 Å². The van der Waals surface area contributed by atoms with Gasteiger partial charge in [0.1, 0.15) is 5.75 Å². The van der Waals surface area contributed by atoms with Crippen LogP contribution in [0.2, 0.25) is 0 Å². The number of amides is 3. The van der Waals surface area contributed by atoms with Crippen LogP contribution in [0.3, 0.4) is 0 Å². The summed E-state index contributed by atoms with van der Waals surface area (Å²) in [6.45, 7) is 2.45. The number of nitrogens with zero attached hydrogens (tertiary/aromatic N) is 1. The second-order valence-electron chi connectivity index (χ2n) is 8.65. The number of esters is 1. The second kappa shape index (κ2) is 11.3. The van der Waals surface area contributed by atoms with E-state index in [2.05, 4.69) is 10.6 Å². The van der Waals surface area contributed by atoms with Gasteiger partial charge in [-0.25, -0.2) is 0 Å². The predicted molar refractivity (Wildman–Crippen MR) is 134 cm³/mol. The molecule has 1 atom stereocenters. The van der Waals surface area contributed by atoms with Crippen LogP contribution in [0.1, 0.15) is 34.8 Å². The number of hydrogen-bond acceptors (Lipinski definition) is 5. The number of benzene rings is 3. The van der Waals surface area contributed by atoms with Gasteiger partial charge in [0.25, 0.3) is 5.91 Å². The molecule has 3 aromatic carbocycles. The fourth-order valence-electron chi connectivity index (χ4n) is 4.07. The van der Waals surface area contributed by atoms with Gasteiger partial charge in [0.15, 0.2) is 0 Å². The lowest BCUT2D eigenvalue weighted by atomic mass is 10.1. The molecule has 8 nitrogen and oxygen atoms in total. The van der Waals surface area contributed by atoms with Crippen molar-refractivity contribution in [3.05, 3.63) is 95.6 Å². The third-order valence-electron chi connectivity index (χ3n) is 5.81. The molecule has 1 aliphatic heterocycles. The minimum Gasteiger partial charge on any atom is -0.427 e. The fraction of sp³-hybridized carbons (Fsp3) is 0.214. The van der Waals surface area contributed by atoms with E-state index in [9.17, 15) is 19.2 Å². The van der Waals surface area contributed by atoms with Crippen molar-refractivity contribution in [1.82, 2.24) is 10.2 Å². The Bertz CT molecular complexity index is 1270. The van der Waals surface area contributed by atoms with Crippen LogP contribution in [0.15, 0.2) is 78.9 Å². The van der Waals surface area contributed by atoms with Crippen LogP contribution in [0.25, 0.3) is 0 Å². The topological polar surface area (TPSA) is 105 Å². The van der Waals surface area contributed by atoms with Crippen LogP contribution in [0, 0.1) is 5.92 Å². The Hall–Kier alpha value is -4.46. The molecule has 0 saturated carbocycles. The van der Waals surface area contributed by atoms with E-state index in [0.29, 0.717) is 30.1 Å². The number of carbonyl (C=O) groups excluding carboxylic acids is 4. The summed E-state index contributed by atoms with van der Waals surface area (Å²) in [6.07, 6.45) is 0.196. The highest BCUT2D eigenvalue weighted by Crippen LogP contribution is 2.21. The first-order chi connectivity index (χ1) is 17.4. The zero-order valence-corrected chi connectivity index (χ0v) is 19.9. The lowest BCUT2D eigenvalue weighted by molar-refractivity contribution is -0.132. The Morgan fingerprint density at radius 1 is 0.944 bits per heavy atom. The first-order valence-corrected chi connectivity index (χ1v) is 11.7. The van der Waals surface area contributed by atoms with E-state index in [1.54, 1.807) is 41.3 Å². The Labute approximate surface area is 209 Å². The van der Waals surface area contributed by atoms with Crippen LogP contribution >= 0.6 is 0 Å². The standard InChI is InChI=1S/C28H27N3O5/c1-19(32)36-25-12-6-10-22(14-25)28(35)30-24-11-5-9-21(13-24)16-29-27(34)23-15-26(33)31(18-23)17-20-7-3-2-4-8-20/h2-14,23H,15-18H2,1H3,(H,29,34)(H,30,35). The summed E-state index contributed by atoms with van der Waals surface area (Å²) >= 11 is 0. The molecule has 4 rings (SSSR count). The summed E-state index contributed by atoms with van der Waals surface area (Å²) in [7, 11) is 0. The highest BCUT2D eigenvalue weighted by atomic mass is 16.5.